The van der Waals surface area contributed by atoms with Crippen LogP contribution in [-0.4, -0.2) is 38.3 Å². The van der Waals surface area contributed by atoms with Crippen LogP contribution < -0.4 is 21.0 Å². The lowest BCUT2D eigenvalue weighted by Crippen LogP contribution is -2.45. The topological polar surface area (TPSA) is 107 Å². The fourth-order valence-corrected chi connectivity index (χ4v) is 4.60. The Hall–Kier alpha value is -4.37. The second-order valence-electron chi connectivity index (χ2n) is 9.27. The highest BCUT2D eigenvalue weighted by Crippen LogP contribution is 2.23. The SMILES string of the molecule is CCCN(CCC)c1nc(=O)n(Cc2ccc(OCc3ccccc3)cc2)c(=O)n1-c1ccc(C(=O)O)c(Cl)c1. The molecule has 0 aliphatic rings. The zero-order valence-corrected chi connectivity index (χ0v) is 23.2. The van der Waals surface area contributed by atoms with Crippen molar-refractivity contribution in [3.8, 4) is 11.4 Å². The van der Waals surface area contributed by atoms with Gasteiger partial charge in [0.25, 0.3) is 0 Å². The van der Waals surface area contributed by atoms with Gasteiger partial charge < -0.3 is 14.7 Å². The average molecular weight is 563 g/mol. The highest BCUT2D eigenvalue weighted by Gasteiger charge is 2.21. The summed E-state index contributed by atoms with van der Waals surface area (Å²) in [6, 6.07) is 21.2. The molecule has 40 heavy (non-hydrogen) atoms. The fraction of sp³-hybridized carbons (Fsp3) is 0.267. The summed E-state index contributed by atoms with van der Waals surface area (Å²) in [7, 11) is 0. The number of hydrogen-bond acceptors (Lipinski definition) is 6. The molecule has 0 atom stereocenters. The molecule has 208 valence electrons. The Labute approximate surface area is 236 Å². The van der Waals surface area contributed by atoms with E-state index in [9.17, 15) is 19.5 Å². The highest BCUT2D eigenvalue weighted by atomic mass is 35.5. The molecule has 0 spiro atoms. The van der Waals surface area contributed by atoms with Crippen molar-refractivity contribution in [1.82, 2.24) is 14.1 Å². The zero-order chi connectivity index (χ0) is 28.6. The van der Waals surface area contributed by atoms with Gasteiger partial charge in [0.05, 0.1) is 22.8 Å². The maximum absolute atomic E-state index is 13.9. The smallest absolute Gasteiger partial charge is 0.355 e. The fourth-order valence-electron chi connectivity index (χ4n) is 4.34. The lowest BCUT2D eigenvalue weighted by molar-refractivity contribution is 0.0697. The molecule has 0 aliphatic heterocycles. The number of benzene rings is 3. The first-order valence-electron chi connectivity index (χ1n) is 13.1. The van der Waals surface area contributed by atoms with Crippen LogP contribution in [0, 0.1) is 0 Å². The predicted octanol–water partition coefficient (Wildman–Crippen LogP) is 5.00. The van der Waals surface area contributed by atoms with E-state index >= 15 is 0 Å². The van der Waals surface area contributed by atoms with E-state index in [1.54, 1.807) is 24.3 Å². The minimum atomic E-state index is -1.18. The molecular weight excluding hydrogens is 532 g/mol. The number of rotatable bonds is 12. The third-order valence-electron chi connectivity index (χ3n) is 6.27. The molecule has 4 aromatic rings. The van der Waals surface area contributed by atoms with Gasteiger partial charge in [0.2, 0.25) is 5.95 Å². The van der Waals surface area contributed by atoms with Crippen LogP contribution in [-0.2, 0) is 13.2 Å². The Morgan fingerprint density at radius 3 is 2.23 bits per heavy atom. The van der Waals surface area contributed by atoms with E-state index in [1.807, 2.05) is 49.1 Å². The molecule has 1 heterocycles. The maximum Gasteiger partial charge on any atom is 0.355 e. The van der Waals surface area contributed by atoms with E-state index in [-0.39, 0.29) is 23.1 Å². The largest absolute Gasteiger partial charge is 0.489 e. The van der Waals surface area contributed by atoms with Crippen LogP contribution in [0.4, 0.5) is 5.95 Å². The molecule has 0 amide bonds. The van der Waals surface area contributed by atoms with Crippen molar-refractivity contribution >= 4 is 23.5 Å². The number of anilines is 1. The summed E-state index contributed by atoms with van der Waals surface area (Å²) < 4.78 is 8.22. The molecule has 0 aliphatic carbocycles. The van der Waals surface area contributed by atoms with Gasteiger partial charge in [-0.1, -0.05) is 67.9 Å². The molecule has 0 fully saturated rings. The van der Waals surface area contributed by atoms with Gasteiger partial charge in [-0.25, -0.2) is 23.5 Å². The van der Waals surface area contributed by atoms with Gasteiger partial charge >= 0.3 is 17.3 Å². The van der Waals surface area contributed by atoms with Crippen LogP contribution in [0.1, 0.15) is 48.2 Å². The summed E-state index contributed by atoms with van der Waals surface area (Å²) in [5.41, 5.74) is 0.710. The van der Waals surface area contributed by atoms with Crippen molar-refractivity contribution in [3.63, 3.8) is 0 Å². The number of carboxylic acid groups (broad SMARTS) is 1. The number of carboxylic acids is 1. The highest BCUT2D eigenvalue weighted by molar-refractivity contribution is 6.33. The van der Waals surface area contributed by atoms with Gasteiger partial charge in [0.15, 0.2) is 0 Å². The number of halogens is 1. The Morgan fingerprint density at radius 2 is 1.62 bits per heavy atom. The second-order valence-corrected chi connectivity index (χ2v) is 9.68. The van der Waals surface area contributed by atoms with Crippen LogP contribution in [0.5, 0.6) is 5.75 Å². The molecule has 0 bridgehead atoms. The summed E-state index contributed by atoms with van der Waals surface area (Å²) >= 11 is 6.25. The van der Waals surface area contributed by atoms with Gasteiger partial charge in [-0.05, 0) is 54.3 Å². The molecule has 3 aromatic carbocycles. The molecule has 1 aromatic heterocycles. The van der Waals surface area contributed by atoms with Crippen LogP contribution in [0.2, 0.25) is 5.02 Å². The average Bonchev–Trinajstić information content (AvgIpc) is 2.94. The maximum atomic E-state index is 13.9. The monoisotopic (exact) mass is 562 g/mol. The summed E-state index contributed by atoms with van der Waals surface area (Å²) in [6.45, 7) is 5.57. The molecular formula is C30H31ClN4O5. The van der Waals surface area contributed by atoms with Crippen LogP contribution in [0.15, 0.2) is 82.4 Å². The molecule has 4 rings (SSSR count). The Kier molecular flexibility index (Phi) is 9.39. The second kappa shape index (κ2) is 13.1. The van der Waals surface area contributed by atoms with Crippen LogP contribution in [0.3, 0.4) is 0 Å². The summed E-state index contributed by atoms with van der Waals surface area (Å²) in [5.74, 6) is -0.325. The lowest BCUT2D eigenvalue weighted by atomic mass is 10.2. The van der Waals surface area contributed by atoms with Crippen molar-refractivity contribution in [3.05, 3.63) is 115 Å². The normalized spacial score (nSPS) is 10.9. The molecule has 10 heteroatoms. The van der Waals surface area contributed by atoms with Gasteiger partial charge in [-0.3, -0.25) is 0 Å². The zero-order valence-electron chi connectivity index (χ0n) is 22.4. The Bertz CT molecular complexity index is 1580. The van der Waals surface area contributed by atoms with Crippen molar-refractivity contribution < 1.29 is 14.6 Å². The van der Waals surface area contributed by atoms with Gasteiger partial charge in [-0.2, -0.15) is 4.98 Å². The van der Waals surface area contributed by atoms with Crippen molar-refractivity contribution in [2.75, 3.05) is 18.0 Å². The third-order valence-corrected chi connectivity index (χ3v) is 6.58. The molecule has 0 unspecified atom stereocenters. The molecule has 0 saturated heterocycles. The van der Waals surface area contributed by atoms with E-state index in [2.05, 4.69) is 4.98 Å². The molecule has 9 nitrogen and oxygen atoms in total. The standard InChI is InChI=1S/C30H31ClN4O5/c1-3-16-33(17-4-2)28-32-29(38)34(30(39)35(28)23-12-15-25(27(36)37)26(31)18-23)19-21-10-13-24(14-11-21)40-20-22-8-6-5-7-9-22/h5-15,18H,3-4,16-17,19-20H2,1-2H3,(H,36,37). The van der Waals surface area contributed by atoms with E-state index in [0.29, 0.717) is 36.7 Å². The number of hydrogen-bond donors (Lipinski definition) is 1. The number of aromatic carboxylic acids is 1. The first-order valence-corrected chi connectivity index (χ1v) is 13.5. The van der Waals surface area contributed by atoms with E-state index in [4.69, 9.17) is 16.3 Å². The first kappa shape index (κ1) is 28.6. The first-order chi connectivity index (χ1) is 19.3. The summed E-state index contributed by atoms with van der Waals surface area (Å²) in [6.07, 6.45) is 1.55. The van der Waals surface area contributed by atoms with Gasteiger partial charge in [0, 0.05) is 13.1 Å². The predicted molar refractivity (Wildman–Crippen MR) is 155 cm³/mol. The quantitative estimate of drug-likeness (QED) is 0.259. The molecule has 0 saturated carbocycles. The Balaban J connectivity index is 1.71. The van der Waals surface area contributed by atoms with E-state index in [0.717, 1.165) is 23.0 Å². The summed E-state index contributed by atoms with van der Waals surface area (Å²) in [5, 5.41) is 9.37. The number of carbonyl (C=O) groups is 1. The lowest BCUT2D eigenvalue weighted by Gasteiger charge is -2.26. The van der Waals surface area contributed by atoms with Crippen LogP contribution in [0.25, 0.3) is 5.69 Å². The van der Waals surface area contributed by atoms with Gasteiger partial charge in [0.1, 0.15) is 12.4 Å². The van der Waals surface area contributed by atoms with Crippen molar-refractivity contribution in [2.24, 2.45) is 0 Å². The Morgan fingerprint density at radius 1 is 0.950 bits per heavy atom. The molecule has 1 N–H and O–H groups in total. The van der Waals surface area contributed by atoms with Crippen LogP contribution >= 0.6 is 11.6 Å². The van der Waals surface area contributed by atoms with E-state index in [1.165, 1.54) is 22.8 Å². The number of nitrogens with zero attached hydrogens (tertiary/aromatic N) is 4. The van der Waals surface area contributed by atoms with Gasteiger partial charge in [-0.15, -0.1) is 0 Å². The molecule has 0 radical (unpaired) electrons. The summed E-state index contributed by atoms with van der Waals surface area (Å²) in [4.78, 5) is 44.7. The minimum Gasteiger partial charge on any atom is -0.489 e. The van der Waals surface area contributed by atoms with Crippen molar-refractivity contribution in [1.29, 1.82) is 0 Å². The third kappa shape index (κ3) is 6.60. The van der Waals surface area contributed by atoms with E-state index < -0.39 is 17.3 Å². The number of aromatic nitrogens is 3. The number of ether oxygens (including phenoxy) is 1. The minimum absolute atomic E-state index is 0.00753. The van der Waals surface area contributed by atoms with Crippen molar-refractivity contribution in [2.45, 2.75) is 39.8 Å².